The number of carbonyl (C=O) groups is 1. The Kier molecular flexibility index (Phi) is 5.37. The molecule has 0 radical (unpaired) electrons. The van der Waals surface area contributed by atoms with Crippen molar-refractivity contribution in [1.82, 2.24) is 10.6 Å². The first-order chi connectivity index (χ1) is 8.72. The third-order valence-corrected chi connectivity index (χ3v) is 5.54. The van der Waals surface area contributed by atoms with E-state index in [9.17, 15) is 4.79 Å². The Bertz CT molecular complexity index is 285. The molecule has 1 aliphatic carbocycles. The molecule has 2 N–H and O–H groups in total. The lowest BCUT2D eigenvalue weighted by Crippen LogP contribution is -2.54. The monoisotopic (exact) mass is 270 g/mol. The molecule has 0 aromatic rings. The van der Waals surface area contributed by atoms with Gasteiger partial charge in [0.2, 0.25) is 5.91 Å². The van der Waals surface area contributed by atoms with Crippen LogP contribution in [-0.2, 0) is 4.79 Å². The molecule has 0 bridgehead atoms. The summed E-state index contributed by atoms with van der Waals surface area (Å²) in [5.74, 6) is 1.85. The predicted octanol–water partition coefficient (Wildman–Crippen LogP) is 2.16. The molecule has 4 unspecified atom stereocenters. The number of piperidine rings is 1. The van der Waals surface area contributed by atoms with Crippen molar-refractivity contribution in [2.45, 2.75) is 63.3 Å². The largest absolute Gasteiger partial charge is 0.351 e. The summed E-state index contributed by atoms with van der Waals surface area (Å²) in [6, 6.07) is 0.435. The SMILES string of the molecule is CCSC1CCCC1NC(=O)C1NCCCC1C. The average Bonchev–Trinajstić information content (AvgIpc) is 2.78. The molecule has 0 aromatic carbocycles. The molecule has 4 heteroatoms. The zero-order valence-electron chi connectivity index (χ0n) is 11.6. The molecule has 2 fully saturated rings. The second-order valence-electron chi connectivity index (χ2n) is 5.59. The molecule has 1 saturated carbocycles. The lowest BCUT2D eigenvalue weighted by atomic mass is 9.92. The average molecular weight is 270 g/mol. The summed E-state index contributed by atoms with van der Waals surface area (Å²) in [4.78, 5) is 12.3. The third-order valence-electron chi connectivity index (χ3n) is 4.21. The quantitative estimate of drug-likeness (QED) is 0.822. The topological polar surface area (TPSA) is 41.1 Å². The Morgan fingerprint density at radius 2 is 2.17 bits per heavy atom. The summed E-state index contributed by atoms with van der Waals surface area (Å²) >= 11 is 2.00. The molecule has 18 heavy (non-hydrogen) atoms. The summed E-state index contributed by atoms with van der Waals surface area (Å²) in [6.45, 7) is 5.37. The predicted molar refractivity (Wildman–Crippen MR) is 77.9 cm³/mol. The molecule has 1 amide bonds. The highest BCUT2D eigenvalue weighted by atomic mass is 32.2. The third kappa shape index (κ3) is 3.41. The van der Waals surface area contributed by atoms with E-state index in [1.54, 1.807) is 0 Å². The fourth-order valence-corrected chi connectivity index (χ4v) is 4.38. The zero-order valence-corrected chi connectivity index (χ0v) is 12.4. The van der Waals surface area contributed by atoms with Crippen LogP contribution in [0, 0.1) is 5.92 Å². The van der Waals surface area contributed by atoms with Crippen LogP contribution in [0.3, 0.4) is 0 Å². The minimum atomic E-state index is 0.0339. The van der Waals surface area contributed by atoms with Crippen LogP contribution in [-0.4, -0.2) is 35.5 Å². The smallest absolute Gasteiger partial charge is 0.237 e. The highest BCUT2D eigenvalue weighted by Gasteiger charge is 2.33. The van der Waals surface area contributed by atoms with E-state index < -0.39 is 0 Å². The number of rotatable bonds is 4. The van der Waals surface area contributed by atoms with Gasteiger partial charge in [0.05, 0.1) is 6.04 Å². The van der Waals surface area contributed by atoms with Gasteiger partial charge in [-0.05, 0) is 43.9 Å². The molecule has 3 nitrogen and oxygen atoms in total. The van der Waals surface area contributed by atoms with Crippen molar-refractivity contribution in [3.63, 3.8) is 0 Å². The van der Waals surface area contributed by atoms with Gasteiger partial charge in [-0.15, -0.1) is 0 Å². The first kappa shape index (κ1) is 14.2. The van der Waals surface area contributed by atoms with E-state index in [0.29, 0.717) is 17.2 Å². The normalized spacial score (nSPS) is 36.6. The van der Waals surface area contributed by atoms with Crippen LogP contribution in [0.5, 0.6) is 0 Å². The number of nitrogens with one attached hydrogen (secondary N) is 2. The van der Waals surface area contributed by atoms with Crippen LogP contribution in [0.2, 0.25) is 0 Å². The van der Waals surface area contributed by atoms with E-state index in [1.807, 2.05) is 11.8 Å². The van der Waals surface area contributed by atoms with Crippen LogP contribution in [0.25, 0.3) is 0 Å². The van der Waals surface area contributed by atoms with Gasteiger partial charge in [0.15, 0.2) is 0 Å². The van der Waals surface area contributed by atoms with Gasteiger partial charge in [0.1, 0.15) is 0 Å². The van der Waals surface area contributed by atoms with Crippen molar-refractivity contribution in [2.75, 3.05) is 12.3 Å². The molecule has 2 aliphatic rings. The lowest BCUT2D eigenvalue weighted by Gasteiger charge is -2.31. The first-order valence-corrected chi connectivity index (χ1v) is 8.42. The number of thioether (sulfide) groups is 1. The van der Waals surface area contributed by atoms with Crippen LogP contribution in [0.15, 0.2) is 0 Å². The highest BCUT2D eigenvalue weighted by molar-refractivity contribution is 7.99. The standard InChI is InChI=1S/C14H26N2OS/c1-3-18-12-8-4-7-11(12)16-14(17)13-10(2)6-5-9-15-13/h10-13,15H,3-9H2,1-2H3,(H,16,17). The first-order valence-electron chi connectivity index (χ1n) is 7.37. The molecule has 2 rings (SSSR count). The molecular weight excluding hydrogens is 244 g/mol. The van der Waals surface area contributed by atoms with E-state index >= 15 is 0 Å². The van der Waals surface area contributed by atoms with Crippen molar-refractivity contribution < 1.29 is 4.79 Å². The van der Waals surface area contributed by atoms with Gasteiger partial charge >= 0.3 is 0 Å². The van der Waals surface area contributed by atoms with Gasteiger partial charge < -0.3 is 10.6 Å². The summed E-state index contributed by atoms with van der Waals surface area (Å²) < 4.78 is 0. The van der Waals surface area contributed by atoms with Gasteiger partial charge in [-0.25, -0.2) is 0 Å². The van der Waals surface area contributed by atoms with Crippen molar-refractivity contribution in [2.24, 2.45) is 5.92 Å². The van der Waals surface area contributed by atoms with E-state index in [0.717, 1.165) is 18.7 Å². The van der Waals surface area contributed by atoms with Crippen LogP contribution in [0.1, 0.15) is 46.0 Å². The molecule has 0 spiro atoms. The maximum absolute atomic E-state index is 12.3. The molecular formula is C14H26N2OS. The minimum absolute atomic E-state index is 0.0339. The Labute approximate surface area is 115 Å². The van der Waals surface area contributed by atoms with Crippen LogP contribution in [0.4, 0.5) is 0 Å². The zero-order chi connectivity index (χ0) is 13.0. The molecule has 1 heterocycles. The number of hydrogen-bond donors (Lipinski definition) is 2. The van der Waals surface area contributed by atoms with Crippen LogP contribution < -0.4 is 10.6 Å². The van der Waals surface area contributed by atoms with Crippen molar-refractivity contribution in [1.29, 1.82) is 0 Å². The summed E-state index contributed by atoms with van der Waals surface area (Å²) in [5, 5.41) is 7.30. The van der Waals surface area contributed by atoms with E-state index in [2.05, 4.69) is 24.5 Å². The summed E-state index contributed by atoms with van der Waals surface area (Å²) in [5.41, 5.74) is 0. The fraction of sp³-hybridized carbons (Fsp3) is 0.929. The Morgan fingerprint density at radius 3 is 2.89 bits per heavy atom. The summed E-state index contributed by atoms with van der Waals surface area (Å²) in [7, 11) is 0. The maximum Gasteiger partial charge on any atom is 0.237 e. The van der Waals surface area contributed by atoms with Gasteiger partial charge in [-0.2, -0.15) is 11.8 Å². The lowest BCUT2D eigenvalue weighted by molar-refractivity contribution is -0.125. The van der Waals surface area contributed by atoms with E-state index in [4.69, 9.17) is 0 Å². The second-order valence-corrected chi connectivity index (χ2v) is 7.11. The highest BCUT2D eigenvalue weighted by Crippen LogP contribution is 2.30. The number of amides is 1. The van der Waals surface area contributed by atoms with Gasteiger partial charge in [0, 0.05) is 11.3 Å². The van der Waals surface area contributed by atoms with Crippen LogP contribution >= 0.6 is 11.8 Å². The molecule has 0 aromatic heterocycles. The minimum Gasteiger partial charge on any atom is -0.351 e. The van der Waals surface area contributed by atoms with Gasteiger partial charge in [-0.3, -0.25) is 4.79 Å². The van der Waals surface area contributed by atoms with Crippen molar-refractivity contribution >= 4 is 17.7 Å². The number of carbonyl (C=O) groups excluding carboxylic acids is 1. The van der Waals surface area contributed by atoms with Gasteiger partial charge in [-0.1, -0.05) is 20.3 Å². The summed E-state index contributed by atoms with van der Waals surface area (Å²) in [6.07, 6.45) is 6.05. The van der Waals surface area contributed by atoms with E-state index in [1.165, 1.54) is 25.7 Å². The molecule has 1 saturated heterocycles. The van der Waals surface area contributed by atoms with Crippen molar-refractivity contribution in [3.8, 4) is 0 Å². The van der Waals surface area contributed by atoms with E-state index in [-0.39, 0.29) is 11.9 Å². The Morgan fingerprint density at radius 1 is 1.33 bits per heavy atom. The Balaban J connectivity index is 1.86. The molecule has 104 valence electrons. The van der Waals surface area contributed by atoms with Gasteiger partial charge in [0.25, 0.3) is 0 Å². The molecule has 4 atom stereocenters. The maximum atomic E-state index is 12.3. The van der Waals surface area contributed by atoms with Crippen molar-refractivity contribution in [3.05, 3.63) is 0 Å². The Hall–Kier alpha value is -0.220. The second kappa shape index (κ2) is 6.80. The number of hydrogen-bond acceptors (Lipinski definition) is 3. The molecule has 1 aliphatic heterocycles. The fourth-order valence-electron chi connectivity index (χ4n) is 3.18.